The molecule has 176 valence electrons. The second kappa shape index (κ2) is 13.1. The Hall–Kier alpha value is -3.26. The number of carbonyl (C=O) groups is 6. The molecule has 0 spiro atoms. The zero-order chi connectivity index (χ0) is 24.3. The predicted octanol–water partition coefficient (Wildman–Crippen LogP) is -3.62. The van der Waals surface area contributed by atoms with Crippen LogP contribution < -0.4 is 27.4 Å². The summed E-state index contributed by atoms with van der Waals surface area (Å²) in [6.07, 6.45) is -3.01. The zero-order valence-electron chi connectivity index (χ0n) is 17.2. The first-order chi connectivity index (χ1) is 14.3. The molecule has 0 saturated carbocycles. The number of carboxylic acids is 2. The number of carboxylic acid groups (broad SMARTS) is 2. The highest BCUT2D eigenvalue weighted by atomic mass is 16.4. The summed E-state index contributed by atoms with van der Waals surface area (Å²) < 4.78 is 0. The number of aliphatic hydroxyl groups excluding tert-OH is 1. The molecule has 4 amide bonds. The van der Waals surface area contributed by atoms with E-state index in [4.69, 9.17) is 21.7 Å². The summed E-state index contributed by atoms with van der Waals surface area (Å²) in [5, 5.41) is 34.2. The van der Waals surface area contributed by atoms with Crippen molar-refractivity contribution in [3.8, 4) is 0 Å². The number of nitrogens with two attached hydrogens (primary N) is 2. The number of amides is 4. The van der Waals surface area contributed by atoms with Gasteiger partial charge in [0.05, 0.1) is 12.1 Å². The molecule has 14 nitrogen and oxygen atoms in total. The predicted molar refractivity (Wildman–Crippen MR) is 104 cm³/mol. The minimum absolute atomic E-state index is 0.314. The topological polar surface area (TPSA) is 251 Å². The van der Waals surface area contributed by atoms with Gasteiger partial charge in [0.2, 0.25) is 23.6 Å². The SMILES string of the molecule is CC(N)C(=O)NC(C(=O)NC(CCC(N)=O)C(=O)NC(CCC(=O)O)C(=O)O)C(C)O. The fourth-order valence-corrected chi connectivity index (χ4v) is 2.30. The normalized spacial score (nSPS) is 15.5. The van der Waals surface area contributed by atoms with Crippen molar-refractivity contribution < 1.29 is 44.1 Å². The Morgan fingerprint density at radius 1 is 0.806 bits per heavy atom. The van der Waals surface area contributed by atoms with Gasteiger partial charge in [-0.2, -0.15) is 0 Å². The van der Waals surface area contributed by atoms with Gasteiger partial charge in [-0.05, 0) is 26.7 Å². The van der Waals surface area contributed by atoms with E-state index in [0.29, 0.717) is 0 Å². The Kier molecular flexibility index (Phi) is 11.7. The van der Waals surface area contributed by atoms with Crippen LogP contribution in [0.5, 0.6) is 0 Å². The molecule has 0 saturated heterocycles. The number of hydrogen-bond acceptors (Lipinski definition) is 8. The van der Waals surface area contributed by atoms with E-state index < -0.39 is 78.7 Å². The summed E-state index contributed by atoms with van der Waals surface area (Å²) >= 11 is 0. The molecular formula is C17H29N5O9. The van der Waals surface area contributed by atoms with E-state index in [1.165, 1.54) is 13.8 Å². The number of nitrogens with one attached hydrogen (secondary N) is 3. The van der Waals surface area contributed by atoms with E-state index in [1.807, 2.05) is 0 Å². The Balaban J connectivity index is 5.45. The molecule has 31 heavy (non-hydrogen) atoms. The quantitative estimate of drug-likeness (QED) is 0.130. The Morgan fingerprint density at radius 2 is 1.32 bits per heavy atom. The maximum Gasteiger partial charge on any atom is 0.326 e. The average Bonchev–Trinajstić information content (AvgIpc) is 2.64. The summed E-state index contributed by atoms with van der Waals surface area (Å²) in [7, 11) is 0. The lowest BCUT2D eigenvalue weighted by molar-refractivity contribution is -0.143. The highest BCUT2D eigenvalue weighted by molar-refractivity contribution is 5.94. The smallest absolute Gasteiger partial charge is 0.326 e. The van der Waals surface area contributed by atoms with Crippen LogP contribution in [0.1, 0.15) is 39.5 Å². The zero-order valence-corrected chi connectivity index (χ0v) is 17.2. The van der Waals surface area contributed by atoms with E-state index in [-0.39, 0.29) is 12.8 Å². The maximum atomic E-state index is 12.5. The van der Waals surface area contributed by atoms with Gasteiger partial charge >= 0.3 is 11.9 Å². The molecule has 0 aromatic heterocycles. The minimum Gasteiger partial charge on any atom is -0.481 e. The lowest BCUT2D eigenvalue weighted by Gasteiger charge is -2.26. The molecule has 5 atom stereocenters. The van der Waals surface area contributed by atoms with Crippen molar-refractivity contribution in [1.82, 2.24) is 16.0 Å². The molecule has 0 aromatic carbocycles. The van der Waals surface area contributed by atoms with Gasteiger partial charge in [-0.1, -0.05) is 0 Å². The lowest BCUT2D eigenvalue weighted by Crippen LogP contribution is -2.59. The van der Waals surface area contributed by atoms with Gasteiger partial charge in [0, 0.05) is 12.8 Å². The van der Waals surface area contributed by atoms with Gasteiger partial charge in [0.1, 0.15) is 18.1 Å². The van der Waals surface area contributed by atoms with Crippen molar-refractivity contribution in [2.45, 2.75) is 69.8 Å². The van der Waals surface area contributed by atoms with Crippen LogP contribution in [-0.4, -0.2) is 81.2 Å². The second-order valence-electron chi connectivity index (χ2n) is 6.91. The van der Waals surface area contributed by atoms with Crippen molar-refractivity contribution >= 4 is 35.6 Å². The van der Waals surface area contributed by atoms with Crippen molar-refractivity contribution in [2.75, 3.05) is 0 Å². The number of carbonyl (C=O) groups excluding carboxylic acids is 4. The van der Waals surface area contributed by atoms with Crippen LogP contribution in [-0.2, 0) is 28.8 Å². The fraction of sp³-hybridized carbons (Fsp3) is 0.647. The van der Waals surface area contributed by atoms with Crippen LogP contribution in [0.3, 0.4) is 0 Å². The van der Waals surface area contributed by atoms with Gasteiger partial charge in [-0.25, -0.2) is 4.79 Å². The highest BCUT2D eigenvalue weighted by Gasteiger charge is 2.32. The third-order valence-electron chi connectivity index (χ3n) is 4.05. The van der Waals surface area contributed by atoms with E-state index in [0.717, 1.165) is 0 Å². The molecule has 0 fully saturated rings. The van der Waals surface area contributed by atoms with Gasteiger partial charge in [-0.3, -0.25) is 24.0 Å². The van der Waals surface area contributed by atoms with Gasteiger partial charge in [0.15, 0.2) is 0 Å². The monoisotopic (exact) mass is 447 g/mol. The molecule has 0 aliphatic carbocycles. The average molecular weight is 447 g/mol. The highest BCUT2D eigenvalue weighted by Crippen LogP contribution is 2.04. The molecule has 0 rings (SSSR count). The van der Waals surface area contributed by atoms with E-state index >= 15 is 0 Å². The van der Waals surface area contributed by atoms with Crippen LogP contribution in [0, 0.1) is 0 Å². The molecular weight excluding hydrogens is 418 g/mol. The number of aliphatic carboxylic acids is 2. The van der Waals surface area contributed by atoms with Gasteiger partial charge in [0.25, 0.3) is 0 Å². The Bertz CT molecular complexity index is 695. The van der Waals surface area contributed by atoms with Crippen LogP contribution >= 0.6 is 0 Å². The van der Waals surface area contributed by atoms with Crippen molar-refractivity contribution in [1.29, 1.82) is 0 Å². The molecule has 5 unspecified atom stereocenters. The third-order valence-corrected chi connectivity index (χ3v) is 4.05. The van der Waals surface area contributed by atoms with Crippen molar-refractivity contribution in [3.05, 3.63) is 0 Å². The van der Waals surface area contributed by atoms with E-state index in [1.54, 1.807) is 0 Å². The summed E-state index contributed by atoms with van der Waals surface area (Å²) in [6, 6.07) is -5.51. The largest absolute Gasteiger partial charge is 0.481 e. The molecule has 0 heterocycles. The van der Waals surface area contributed by atoms with E-state index in [2.05, 4.69) is 16.0 Å². The summed E-state index contributed by atoms with van der Waals surface area (Å²) in [6.45, 7) is 2.55. The molecule has 10 N–H and O–H groups in total. The first-order valence-electron chi connectivity index (χ1n) is 9.33. The third kappa shape index (κ3) is 10.9. The Morgan fingerprint density at radius 3 is 1.74 bits per heavy atom. The molecule has 14 heteroatoms. The maximum absolute atomic E-state index is 12.5. The van der Waals surface area contributed by atoms with E-state index in [9.17, 15) is 33.9 Å². The minimum atomic E-state index is -1.57. The van der Waals surface area contributed by atoms with Gasteiger partial charge in [-0.15, -0.1) is 0 Å². The summed E-state index contributed by atoms with van der Waals surface area (Å²) in [4.78, 5) is 69.8. The summed E-state index contributed by atoms with van der Waals surface area (Å²) in [5.74, 6) is -6.34. The second-order valence-corrected chi connectivity index (χ2v) is 6.91. The van der Waals surface area contributed by atoms with Gasteiger partial charge < -0.3 is 42.7 Å². The van der Waals surface area contributed by atoms with Crippen LogP contribution in [0.25, 0.3) is 0 Å². The molecule has 0 aromatic rings. The fourth-order valence-electron chi connectivity index (χ4n) is 2.30. The standard InChI is InChI=1S/C17H29N5O9/c1-7(18)14(27)22-13(8(2)23)16(29)20-9(3-5-11(19)24)15(28)21-10(17(30)31)4-6-12(25)26/h7-10,13,23H,3-6,18H2,1-2H3,(H2,19,24)(H,20,29)(H,21,28)(H,22,27)(H,25,26)(H,30,31). The Labute approximate surface area is 177 Å². The van der Waals surface area contributed by atoms with Crippen LogP contribution in [0.4, 0.5) is 0 Å². The molecule has 0 aliphatic rings. The number of hydrogen-bond donors (Lipinski definition) is 8. The van der Waals surface area contributed by atoms with Crippen molar-refractivity contribution in [2.24, 2.45) is 11.5 Å². The van der Waals surface area contributed by atoms with Crippen LogP contribution in [0.2, 0.25) is 0 Å². The number of rotatable bonds is 14. The molecule has 0 radical (unpaired) electrons. The first-order valence-corrected chi connectivity index (χ1v) is 9.33. The lowest BCUT2D eigenvalue weighted by atomic mass is 10.1. The van der Waals surface area contributed by atoms with Crippen molar-refractivity contribution in [3.63, 3.8) is 0 Å². The number of primary amides is 1. The molecule has 0 aliphatic heterocycles. The molecule has 0 bridgehead atoms. The summed E-state index contributed by atoms with van der Waals surface area (Å²) in [5.41, 5.74) is 10.5. The van der Waals surface area contributed by atoms with Crippen LogP contribution in [0.15, 0.2) is 0 Å². The number of aliphatic hydroxyl groups is 1. The first kappa shape index (κ1) is 27.7.